The predicted octanol–water partition coefficient (Wildman–Crippen LogP) is 5.07. The first-order chi connectivity index (χ1) is 42.6. The minimum absolute atomic E-state index is 0.00764. The van der Waals surface area contributed by atoms with Crippen molar-refractivity contribution in [2.24, 2.45) is 29.6 Å². The lowest BCUT2D eigenvalue weighted by molar-refractivity contribution is -0.182. The van der Waals surface area contributed by atoms with Crippen molar-refractivity contribution in [2.45, 2.75) is 255 Å². The van der Waals surface area contributed by atoms with E-state index in [1.165, 1.54) is 78.5 Å². The number of alkyl halides is 5. The van der Waals surface area contributed by atoms with Gasteiger partial charge in [-0.1, -0.05) is 47.0 Å². The summed E-state index contributed by atoms with van der Waals surface area (Å²) in [6.45, 7) is 11.4. The van der Waals surface area contributed by atoms with Crippen molar-refractivity contribution in [3.8, 4) is 0 Å². The van der Waals surface area contributed by atoms with Crippen LogP contribution in [0.4, 0.5) is 17.6 Å². The predicted molar refractivity (Wildman–Crippen MR) is 332 cm³/mol. The first kappa shape index (κ1) is 74.2. The van der Waals surface area contributed by atoms with Crippen molar-refractivity contribution in [3.05, 3.63) is 0 Å². The quantitative estimate of drug-likeness (QED) is 0.184. The number of nitrogens with one attached hydrogen (secondary N) is 4. The van der Waals surface area contributed by atoms with Crippen LogP contribution in [0.2, 0.25) is 0 Å². The molecule has 0 aromatic carbocycles. The van der Waals surface area contributed by atoms with Gasteiger partial charge in [-0.3, -0.25) is 52.7 Å². The van der Waals surface area contributed by atoms with Crippen molar-refractivity contribution in [2.75, 3.05) is 54.9 Å². The molecule has 0 radical (unpaired) electrons. The van der Waals surface area contributed by atoms with Gasteiger partial charge in [-0.2, -0.15) is 13.2 Å². The van der Waals surface area contributed by atoms with E-state index < -0.39 is 167 Å². The van der Waals surface area contributed by atoms with Gasteiger partial charge >= 0.3 is 6.18 Å². The first-order valence-corrected chi connectivity index (χ1v) is 33.6. The number of carbonyl (C=O) groups excluding carboxylic acids is 11. The van der Waals surface area contributed by atoms with E-state index in [2.05, 4.69) is 21.3 Å². The lowest BCUT2D eigenvalue weighted by atomic mass is 9.78. The molecule has 1 spiro atoms. The van der Waals surface area contributed by atoms with Crippen LogP contribution in [0.3, 0.4) is 0 Å². The Morgan fingerprint density at radius 2 is 1.19 bits per heavy atom. The Labute approximate surface area is 539 Å². The Balaban J connectivity index is 1.36. The molecule has 6 rings (SSSR count). The molecule has 4 unspecified atom stereocenters. The fraction of sp³-hybridized carbons (Fsp3) is 0.828. The van der Waals surface area contributed by atoms with Gasteiger partial charge in [0.2, 0.25) is 65.0 Å². The largest absolute Gasteiger partial charge is 0.393 e. The van der Waals surface area contributed by atoms with E-state index in [0.29, 0.717) is 44.9 Å². The van der Waals surface area contributed by atoms with E-state index in [-0.39, 0.29) is 108 Å². The molecule has 6 fully saturated rings. The maximum Gasteiger partial charge on any atom is 0.393 e. The number of amides is 11. The summed E-state index contributed by atoms with van der Waals surface area (Å²) in [6.07, 6.45) is -1.30. The highest BCUT2D eigenvalue weighted by Crippen LogP contribution is 2.44. The Hall–Kier alpha value is -5.82. The normalized spacial score (nSPS) is 33.3. The molecule has 6 aliphatic rings. The Kier molecular flexibility index (Phi) is 26.0. The van der Waals surface area contributed by atoms with Gasteiger partial charge in [0.15, 0.2) is 0 Å². The molecule has 0 bridgehead atoms. The van der Waals surface area contributed by atoms with Crippen LogP contribution < -0.4 is 21.3 Å². The zero-order chi connectivity index (χ0) is 67.7. The number of halogens is 5. The number of carbonyl (C=O) groups is 11. The zero-order valence-electron chi connectivity index (χ0n) is 55.5. The number of hydrogen-bond acceptors (Lipinski definition) is 11. The van der Waals surface area contributed by atoms with Crippen molar-refractivity contribution < 1.29 is 70.3 Å². The second-order valence-corrected chi connectivity index (χ2v) is 28.2. The molecule has 0 aromatic rings. The lowest BCUT2D eigenvalue weighted by Gasteiger charge is -2.39. The lowest BCUT2D eigenvalue weighted by Crippen LogP contribution is -2.64. The Morgan fingerprint density at radius 3 is 1.78 bits per heavy atom. The second-order valence-electron chi connectivity index (χ2n) is 27.6. The van der Waals surface area contributed by atoms with E-state index in [9.17, 15) is 60.7 Å². The van der Waals surface area contributed by atoms with Gasteiger partial charge in [0.25, 0.3) is 0 Å². The first-order valence-electron chi connectivity index (χ1n) is 33.1. The zero-order valence-corrected chi connectivity index (χ0v) is 56.3. The molecule has 0 aromatic heterocycles. The highest BCUT2D eigenvalue weighted by Gasteiger charge is 2.51. The van der Waals surface area contributed by atoms with E-state index in [0.717, 1.165) is 4.90 Å². The van der Waals surface area contributed by atoms with Gasteiger partial charge in [-0.15, -0.1) is 11.6 Å². The minimum atomic E-state index is -4.51. The van der Waals surface area contributed by atoms with E-state index in [4.69, 9.17) is 11.6 Å². The smallest absolute Gasteiger partial charge is 0.351 e. The summed E-state index contributed by atoms with van der Waals surface area (Å²) in [5.41, 5.74) is -1.49. The average molecular weight is 1310 g/mol. The molecule has 514 valence electrons. The monoisotopic (exact) mass is 1310 g/mol. The molecule has 3 heterocycles. The van der Waals surface area contributed by atoms with Crippen molar-refractivity contribution in [1.82, 2.24) is 55.6 Å². The molecule has 3 saturated carbocycles. The van der Waals surface area contributed by atoms with Crippen LogP contribution in [-0.2, 0) is 52.7 Å². The third kappa shape index (κ3) is 17.9. The van der Waals surface area contributed by atoms with Gasteiger partial charge in [0.05, 0.1) is 12.5 Å². The standard InChI is InChI=1S/C64H102ClF4N11O11/c1-13-37(4)52-61(90)74(8)35-51(82)79-30-17-19-48(79)59(88)77(11)49(34-42-20-24-43(66)25-21-42)60(89)76(10)40(7)54(83)71-46(27-23-41-22-26-44(45(65)33-41)64(67,68)69)58(87)80-31-16-18-47(80)56(85)73-63(28-14-15-29-63)62(91)78(12)53(36(2)3)57(86)70-38(5)32-50(81)75(9)39(6)55(84)72-52/h36-49,52-53H,13-35H2,1-12H3,(H,70,86)(H,71,83)(H,72,84)(H,73,85)/t37-,38+,39-,40?,41?,42?,43?,44?,45?,46-,47-,48-,49-,52-,53-/m0/s1. The van der Waals surface area contributed by atoms with Crippen molar-refractivity contribution in [1.29, 1.82) is 0 Å². The van der Waals surface area contributed by atoms with Gasteiger partial charge < -0.3 is 55.6 Å². The molecule has 91 heavy (non-hydrogen) atoms. The number of fused-ring (bicyclic) bond motifs is 2. The minimum Gasteiger partial charge on any atom is -0.351 e. The van der Waals surface area contributed by atoms with Gasteiger partial charge in [0.1, 0.15) is 60.0 Å². The van der Waals surface area contributed by atoms with Crippen LogP contribution in [0.25, 0.3) is 0 Å². The molecule has 13 atom stereocenters. The molecule has 11 amide bonds. The summed E-state index contributed by atoms with van der Waals surface area (Å²) in [6, 6.07) is -10.2. The summed E-state index contributed by atoms with van der Waals surface area (Å²) in [7, 11) is 7.11. The Morgan fingerprint density at radius 1 is 0.604 bits per heavy atom. The fourth-order valence-electron chi connectivity index (χ4n) is 14.5. The Bertz CT molecular complexity index is 2640. The molecule has 4 N–H and O–H groups in total. The highest BCUT2D eigenvalue weighted by atomic mass is 35.5. The number of rotatable bonds is 8. The van der Waals surface area contributed by atoms with Crippen LogP contribution in [0, 0.1) is 29.6 Å². The molecule has 22 nitrogen and oxygen atoms in total. The molecular formula is C64H102ClF4N11O11. The van der Waals surface area contributed by atoms with Crippen molar-refractivity contribution in [3.63, 3.8) is 0 Å². The van der Waals surface area contributed by atoms with Crippen molar-refractivity contribution >= 4 is 76.6 Å². The van der Waals surface area contributed by atoms with E-state index >= 15 is 9.59 Å². The van der Waals surface area contributed by atoms with Crippen LogP contribution in [-0.4, -0.2) is 232 Å². The molecule has 3 aliphatic heterocycles. The maximum absolute atomic E-state index is 15.2. The number of hydrogen-bond donors (Lipinski definition) is 4. The number of nitrogens with zero attached hydrogens (tertiary/aromatic N) is 7. The summed E-state index contributed by atoms with van der Waals surface area (Å²) >= 11 is 6.37. The summed E-state index contributed by atoms with van der Waals surface area (Å²) in [5.74, 6) is -10.0. The SMILES string of the molecule is CC[C@H](C)[C@@H]1NC(=O)[C@H](C)N(C)C(=O)C[C@@H](C)NC(=O)[C@H](C(C)C)N(C)C(=O)C2(CCCC2)NC(=O)[C@@H]2CCCN2C(=O)[C@H](CCC2CCC(C(F)(F)F)C(Cl)C2)NC(=O)C(C)N(C)C(=O)[C@H](CC2CCC(F)CC2)N(C)C(=O)[C@@H]2CCCN2C(=O)CN(C)C1=O. The summed E-state index contributed by atoms with van der Waals surface area (Å²) in [5, 5.41) is 10.3. The topological polar surface area (TPSA) is 259 Å². The third-order valence-electron chi connectivity index (χ3n) is 20.8. The fourth-order valence-corrected chi connectivity index (χ4v) is 15.0. The number of likely N-dealkylation sites (N-methyl/N-ethyl adjacent to an activating group) is 5. The molecular weight excluding hydrogens is 1210 g/mol. The van der Waals surface area contributed by atoms with Crippen LogP contribution in [0.5, 0.6) is 0 Å². The summed E-state index contributed by atoms with van der Waals surface area (Å²) in [4.78, 5) is 169. The maximum atomic E-state index is 15.2. The van der Waals surface area contributed by atoms with Crippen LogP contribution >= 0.6 is 11.6 Å². The molecule has 3 aliphatic carbocycles. The van der Waals surface area contributed by atoms with E-state index in [1.54, 1.807) is 27.7 Å². The highest BCUT2D eigenvalue weighted by molar-refractivity contribution is 6.20. The third-order valence-corrected chi connectivity index (χ3v) is 21.3. The van der Waals surface area contributed by atoms with Gasteiger partial charge in [-0.05, 0) is 147 Å². The van der Waals surface area contributed by atoms with E-state index in [1.807, 2.05) is 6.92 Å². The summed E-state index contributed by atoms with van der Waals surface area (Å²) < 4.78 is 56.4. The van der Waals surface area contributed by atoms with Gasteiger partial charge in [0, 0.05) is 66.2 Å². The molecule has 27 heteroatoms. The van der Waals surface area contributed by atoms with Gasteiger partial charge in [-0.25, -0.2) is 4.39 Å². The van der Waals surface area contributed by atoms with Crippen LogP contribution in [0.15, 0.2) is 0 Å². The van der Waals surface area contributed by atoms with Crippen LogP contribution in [0.1, 0.15) is 177 Å². The molecule has 3 saturated heterocycles. The average Bonchev–Trinajstić information content (AvgIpc) is 1.78. The second kappa shape index (κ2) is 31.9.